The number of hydrogen-bond acceptors (Lipinski definition) is 4. The number of rotatable bonds is 8. The summed E-state index contributed by atoms with van der Waals surface area (Å²) in [5.74, 6) is 0.463. The highest BCUT2D eigenvalue weighted by atomic mass is 16.2. The lowest BCUT2D eigenvalue weighted by atomic mass is 10.1. The summed E-state index contributed by atoms with van der Waals surface area (Å²) in [5.41, 5.74) is 3.02. The molecule has 1 saturated heterocycles. The van der Waals surface area contributed by atoms with Crippen LogP contribution in [0.25, 0.3) is 0 Å². The van der Waals surface area contributed by atoms with Crippen LogP contribution >= 0.6 is 0 Å². The van der Waals surface area contributed by atoms with E-state index in [1.807, 2.05) is 29.2 Å². The molecule has 0 atom stereocenters. The van der Waals surface area contributed by atoms with Gasteiger partial charge < -0.3 is 15.5 Å². The van der Waals surface area contributed by atoms with Crippen LogP contribution in [-0.2, 0) is 11.3 Å². The van der Waals surface area contributed by atoms with Crippen LogP contribution in [0, 0.1) is 0 Å². The third kappa shape index (κ3) is 5.05. The van der Waals surface area contributed by atoms with Gasteiger partial charge in [-0.15, -0.1) is 0 Å². The summed E-state index contributed by atoms with van der Waals surface area (Å²) in [6.07, 6.45) is 3.06. The number of guanidine groups is 1. The number of imide groups is 1. The van der Waals surface area contributed by atoms with Gasteiger partial charge in [-0.25, -0.2) is 0 Å². The van der Waals surface area contributed by atoms with Crippen molar-refractivity contribution >= 4 is 29.4 Å². The number of amides is 3. The molecule has 172 valence electrons. The molecule has 0 aromatic heterocycles. The van der Waals surface area contributed by atoms with Crippen LogP contribution in [0.3, 0.4) is 0 Å². The van der Waals surface area contributed by atoms with E-state index >= 15 is 0 Å². The Hall–Kier alpha value is -3.68. The molecule has 8 heteroatoms. The number of unbranched alkanes of at least 4 members (excludes halogenated alkanes) is 1. The smallest absolute Gasteiger partial charge is 0.261 e. The highest BCUT2D eigenvalue weighted by Gasteiger charge is 2.34. The van der Waals surface area contributed by atoms with E-state index in [4.69, 9.17) is 0 Å². The molecule has 2 aromatic rings. The molecule has 8 nitrogen and oxygen atoms in total. The summed E-state index contributed by atoms with van der Waals surface area (Å²) in [5, 5.41) is 6.55. The van der Waals surface area contributed by atoms with Crippen LogP contribution < -0.4 is 15.5 Å². The second-order valence-electron chi connectivity index (χ2n) is 8.18. The Bertz CT molecular complexity index is 1030. The Kier molecular flexibility index (Phi) is 7.02. The molecule has 3 amide bonds. The molecule has 0 unspecified atom stereocenters. The second kappa shape index (κ2) is 10.3. The molecular formula is C25H29N5O3. The van der Waals surface area contributed by atoms with Crippen LogP contribution in [-0.4, -0.2) is 55.3 Å². The molecular weight excluding hydrogens is 418 g/mol. The summed E-state index contributed by atoms with van der Waals surface area (Å²) in [6, 6.07) is 15.0. The number of nitrogens with zero attached hydrogens (tertiary/aromatic N) is 3. The van der Waals surface area contributed by atoms with Crippen molar-refractivity contribution < 1.29 is 14.4 Å². The minimum absolute atomic E-state index is 0.188. The number of hydrogen-bond donors (Lipinski definition) is 2. The van der Waals surface area contributed by atoms with Crippen LogP contribution in [0.15, 0.2) is 53.5 Å². The highest BCUT2D eigenvalue weighted by Crippen LogP contribution is 2.23. The largest absolute Gasteiger partial charge is 0.356 e. The Balaban J connectivity index is 1.17. The number of carbonyl (C=O) groups is 3. The van der Waals surface area contributed by atoms with Crippen molar-refractivity contribution in [3.63, 3.8) is 0 Å². The van der Waals surface area contributed by atoms with Gasteiger partial charge in [0.25, 0.3) is 11.8 Å². The number of carbonyl (C=O) groups excluding carboxylic acids is 3. The number of nitrogens with one attached hydrogen (secondary N) is 2. The Morgan fingerprint density at radius 1 is 0.939 bits per heavy atom. The van der Waals surface area contributed by atoms with Crippen molar-refractivity contribution in [2.24, 2.45) is 4.99 Å². The minimum Gasteiger partial charge on any atom is -0.356 e. The first-order valence-corrected chi connectivity index (χ1v) is 11.4. The van der Waals surface area contributed by atoms with Gasteiger partial charge in [0.2, 0.25) is 5.91 Å². The molecule has 0 bridgehead atoms. The van der Waals surface area contributed by atoms with E-state index in [2.05, 4.69) is 15.6 Å². The van der Waals surface area contributed by atoms with Crippen molar-refractivity contribution in [3.8, 4) is 0 Å². The summed E-state index contributed by atoms with van der Waals surface area (Å²) in [6.45, 7) is 2.49. The van der Waals surface area contributed by atoms with E-state index in [1.54, 1.807) is 31.3 Å². The van der Waals surface area contributed by atoms with Gasteiger partial charge >= 0.3 is 0 Å². The van der Waals surface area contributed by atoms with Crippen LogP contribution in [0.2, 0.25) is 0 Å². The quantitative estimate of drug-likeness (QED) is 0.281. The first-order valence-electron chi connectivity index (χ1n) is 11.4. The maximum Gasteiger partial charge on any atom is 0.261 e. The van der Waals surface area contributed by atoms with E-state index in [9.17, 15) is 14.4 Å². The van der Waals surface area contributed by atoms with Gasteiger partial charge in [0.15, 0.2) is 5.96 Å². The summed E-state index contributed by atoms with van der Waals surface area (Å²) < 4.78 is 0. The number of aliphatic imine (C=N–C) groups is 1. The summed E-state index contributed by atoms with van der Waals surface area (Å²) in [7, 11) is 1.72. The fourth-order valence-electron chi connectivity index (χ4n) is 4.17. The molecule has 2 aliphatic heterocycles. The van der Waals surface area contributed by atoms with Gasteiger partial charge in [0.05, 0.1) is 11.1 Å². The average Bonchev–Trinajstić information content (AvgIpc) is 3.37. The minimum atomic E-state index is -0.207. The molecule has 0 saturated carbocycles. The first-order chi connectivity index (χ1) is 16.1. The van der Waals surface area contributed by atoms with E-state index in [0.29, 0.717) is 49.6 Å². The van der Waals surface area contributed by atoms with Crippen molar-refractivity contribution in [2.45, 2.75) is 32.2 Å². The molecule has 0 radical (unpaired) electrons. The number of fused-ring (bicyclic) bond motifs is 1. The average molecular weight is 448 g/mol. The van der Waals surface area contributed by atoms with E-state index in [-0.39, 0.29) is 17.7 Å². The van der Waals surface area contributed by atoms with Crippen LogP contribution in [0.1, 0.15) is 52.0 Å². The number of anilines is 1. The van der Waals surface area contributed by atoms with Gasteiger partial charge in [-0.3, -0.25) is 24.3 Å². The predicted octanol–water partition coefficient (Wildman–Crippen LogP) is 2.55. The van der Waals surface area contributed by atoms with Crippen molar-refractivity contribution in [2.75, 3.05) is 31.6 Å². The lowest BCUT2D eigenvalue weighted by Crippen LogP contribution is -2.37. The molecule has 2 N–H and O–H groups in total. The molecule has 1 fully saturated rings. The summed E-state index contributed by atoms with van der Waals surface area (Å²) in [4.78, 5) is 44.1. The molecule has 2 heterocycles. The summed E-state index contributed by atoms with van der Waals surface area (Å²) >= 11 is 0. The molecule has 0 spiro atoms. The molecule has 2 aromatic carbocycles. The molecule has 2 aliphatic rings. The lowest BCUT2D eigenvalue weighted by molar-refractivity contribution is -0.117. The zero-order valence-corrected chi connectivity index (χ0v) is 18.8. The van der Waals surface area contributed by atoms with Gasteiger partial charge in [0, 0.05) is 45.3 Å². The molecule has 4 rings (SSSR count). The van der Waals surface area contributed by atoms with E-state index < -0.39 is 0 Å². The van der Waals surface area contributed by atoms with Crippen molar-refractivity contribution in [1.82, 2.24) is 15.5 Å². The monoisotopic (exact) mass is 447 g/mol. The zero-order chi connectivity index (χ0) is 23.2. The van der Waals surface area contributed by atoms with Gasteiger partial charge in [0.1, 0.15) is 0 Å². The maximum absolute atomic E-state index is 12.4. The van der Waals surface area contributed by atoms with E-state index in [0.717, 1.165) is 30.6 Å². The molecule has 0 aliphatic carbocycles. The third-order valence-corrected chi connectivity index (χ3v) is 5.98. The SMILES string of the molecule is CN=C(NCCCCN1C(=O)c2ccccc2C1=O)NCc1ccc(N2CCCC2=O)cc1. The van der Waals surface area contributed by atoms with Crippen molar-refractivity contribution in [1.29, 1.82) is 0 Å². The second-order valence-corrected chi connectivity index (χ2v) is 8.18. The third-order valence-electron chi connectivity index (χ3n) is 5.98. The van der Waals surface area contributed by atoms with Crippen molar-refractivity contribution in [3.05, 3.63) is 65.2 Å². The Morgan fingerprint density at radius 2 is 1.64 bits per heavy atom. The van der Waals surface area contributed by atoms with Gasteiger partial charge in [-0.1, -0.05) is 24.3 Å². The normalized spacial score (nSPS) is 15.9. The maximum atomic E-state index is 12.4. The number of benzene rings is 2. The Labute approximate surface area is 193 Å². The lowest BCUT2D eigenvalue weighted by Gasteiger charge is -2.17. The topological polar surface area (TPSA) is 94.1 Å². The van der Waals surface area contributed by atoms with Crippen LogP contribution in [0.5, 0.6) is 0 Å². The van der Waals surface area contributed by atoms with Crippen LogP contribution in [0.4, 0.5) is 5.69 Å². The fraction of sp³-hybridized carbons (Fsp3) is 0.360. The predicted molar refractivity (Wildman–Crippen MR) is 127 cm³/mol. The molecule has 33 heavy (non-hydrogen) atoms. The first kappa shape index (κ1) is 22.5. The van der Waals surface area contributed by atoms with E-state index in [1.165, 1.54) is 4.90 Å². The van der Waals surface area contributed by atoms with Gasteiger partial charge in [-0.05, 0) is 49.1 Å². The fourth-order valence-corrected chi connectivity index (χ4v) is 4.17. The van der Waals surface area contributed by atoms with Gasteiger partial charge in [-0.2, -0.15) is 0 Å². The zero-order valence-electron chi connectivity index (χ0n) is 18.8. The highest BCUT2D eigenvalue weighted by molar-refractivity contribution is 6.21. The Morgan fingerprint density at radius 3 is 2.24 bits per heavy atom. The standard InChI is InChI=1S/C25H29N5O3/c1-26-25(28-17-18-10-12-19(13-11-18)29-16-6-9-22(29)31)27-14-4-5-15-30-23(32)20-7-2-3-8-21(20)24(30)33/h2-3,7-8,10-13H,4-6,9,14-17H2,1H3,(H2,26,27,28).